The second-order valence-electron chi connectivity index (χ2n) is 6.74. The summed E-state index contributed by atoms with van der Waals surface area (Å²) in [6.07, 6.45) is 0. The normalized spacial score (nSPS) is 14.3. The summed E-state index contributed by atoms with van der Waals surface area (Å²) in [6, 6.07) is 12.7. The van der Waals surface area contributed by atoms with Gasteiger partial charge >= 0.3 is 0 Å². The number of methoxy groups -OCH3 is 1. The molecule has 2 aromatic heterocycles. The molecule has 154 valence electrons. The summed E-state index contributed by atoms with van der Waals surface area (Å²) < 4.78 is 6.80. The summed E-state index contributed by atoms with van der Waals surface area (Å²) in [5.41, 5.74) is 2.15. The van der Waals surface area contributed by atoms with Crippen LogP contribution in [0.3, 0.4) is 0 Å². The van der Waals surface area contributed by atoms with E-state index in [1.807, 2.05) is 12.1 Å². The number of tetrazole rings is 1. The lowest BCUT2D eigenvalue weighted by atomic mass is 9.92. The first-order chi connectivity index (χ1) is 15.1. The predicted molar refractivity (Wildman–Crippen MR) is 108 cm³/mol. The summed E-state index contributed by atoms with van der Waals surface area (Å²) in [4.78, 5) is 23.2. The van der Waals surface area contributed by atoms with Gasteiger partial charge in [0.25, 0.3) is 11.2 Å². The van der Waals surface area contributed by atoms with Crippen molar-refractivity contribution in [2.24, 2.45) is 0 Å². The SMILES string of the molecule is COc1ccc(C2c3c(-c4ccc([N+](=O)[O-])cc4)n[nH]c(=O)c3Nc3nnnn32)cc1. The molecule has 12 nitrogen and oxygen atoms in total. The molecule has 2 aromatic carbocycles. The van der Waals surface area contributed by atoms with Crippen molar-refractivity contribution in [1.82, 2.24) is 30.4 Å². The number of rotatable bonds is 4. The number of nitro groups is 1. The molecule has 3 heterocycles. The lowest BCUT2D eigenvalue weighted by Crippen LogP contribution is -2.29. The Morgan fingerprint density at radius 1 is 1.13 bits per heavy atom. The van der Waals surface area contributed by atoms with Gasteiger partial charge in [-0.15, -0.1) is 0 Å². The average molecular weight is 418 g/mol. The van der Waals surface area contributed by atoms with E-state index in [9.17, 15) is 14.9 Å². The van der Waals surface area contributed by atoms with Gasteiger partial charge in [0, 0.05) is 23.3 Å². The summed E-state index contributed by atoms with van der Waals surface area (Å²) in [5, 5.41) is 32.5. The van der Waals surface area contributed by atoms with Crippen LogP contribution in [0.1, 0.15) is 17.2 Å². The Morgan fingerprint density at radius 2 is 1.87 bits per heavy atom. The van der Waals surface area contributed by atoms with Gasteiger partial charge in [0.15, 0.2) is 0 Å². The molecule has 1 aliphatic heterocycles. The van der Waals surface area contributed by atoms with E-state index in [0.717, 1.165) is 5.56 Å². The molecular formula is C19H14N8O4. The van der Waals surface area contributed by atoms with Crippen molar-refractivity contribution in [3.05, 3.63) is 80.1 Å². The van der Waals surface area contributed by atoms with E-state index in [0.29, 0.717) is 28.5 Å². The number of aromatic amines is 1. The lowest BCUT2D eigenvalue weighted by Gasteiger charge is -2.27. The number of nitro benzene ring substituents is 1. The van der Waals surface area contributed by atoms with E-state index >= 15 is 0 Å². The van der Waals surface area contributed by atoms with Crippen LogP contribution in [0, 0.1) is 10.1 Å². The van der Waals surface area contributed by atoms with E-state index in [4.69, 9.17) is 4.74 Å². The van der Waals surface area contributed by atoms with Crippen LogP contribution in [0.4, 0.5) is 17.3 Å². The molecule has 0 aliphatic carbocycles. The second-order valence-corrected chi connectivity index (χ2v) is 6.74. The molecule has 1 unspecified atom stereocenters. The van der Waals surface area contributed by atoms with Crippen LogP contribution in [0.25, 0.3) is 11.3 Å². The molecule has 1 atom stereocenters. The van der Waals surface area contributed by atoms with Crippen molar-refractivity contribution >= 4 is 17.3 Å². The molecule has 2 N–H and O–H groups in total. The Hall–Kier alpha value is -4.61. The van der Waals surface area contributed by atoms with Gasteiger partial charge in [0.1, 0.15) is 17.5 Å². The monoisotopic (exact) mass is 418 g/mol. The number of ether oxygens (including phenoxy) is 1. The molecule has 0 radical (unpaired) electrons. The number of aromatic nitrogens is 6. The van der Waals surface area contributed by atoms with Crippen LogP contribution in [-0.2, 0) is 0 Å². The summed E-state index contributed by atoms with van der Waals surface area (Å²) >= 11 is 0. The molecule has 1 aliphatic rings. The van der Waals surface area contributed by atoms with Crippen molar-refractivity contribution in [3.8, 4) is 17.0 Å². The van der Waals surface area contributed by atoms with Crippen LogP contribution in [0.5, 0.6) is 5.75 Å². The Morgan fingerprint density at radius 3 is 2.55 bits per heavy atom. The standard InChI is InChI=1S/C19H14N8O4/c1-31-13-8-4-11(5-9-13)17-14-15(10-2-6-12(7-3-10)27(29)30)21-22-18(28)16(14)20-19-23-24-25-26(17)19/h2-9,17H,1H3,(H,22,28)(H,20,23,25). The number of fused-ring (bicyclic) bond motifs is 2. The van der Waals surface area contributed by atoms with Crippen LogP contribution < -0.4 is 15.6 Å². The van der Waals surface area contributed by atoms with Crippen molar-refractivity contribution < 1.29 is 9.66 Å². The molecule has 4 aromatic rings. The van der Waals surface area contributed by atoms with Gasteiger partial charge in [0.05, 0.1) is 17.7 Å². The second kappa shape index (κ2) is 7.02. The van der Waals surface area contributed by atoms with Crippen molar-refractivity contribution in [2.45, 2.75) is 6.04 Å². The molecule has 0 bridgehead atoms. The van der Waals surface area contributed by atoms with Crippen LogP contribution in [-0.4, -0.2) is 42.4 Å². The maximum absolute atomic E-state index is 12.6. The molecule has 0 saturated heterocycles. The fraction of sp³-hybridized carbons (Fsp3) is 0.105. The molecule has 0 fully saturated rings. The third-order valence-corrected chi connectivity index (χ3v) is 5.05. The molecule has 0 spiro atoms. The zero-order chi connectivity index (χ0) is 21.5. The van der Waals surface area contributed by atoms with Gasteiger partial charge in [-0.1, -0.05) is 17.2 Å². The van der Waals surface area contributed by atoms with Gasteiger partial charge in [-0.05, 0) is 40.3 Å². The van der Waals surface area contributed by atoms with Crippen LogP contribution in [0.15, 0.2) is 53.3 Å². The molecular weight excluding hydrogens is 404 g/mol. The van der Waals surface area contributed by atoms with Gasteiger partial charge in [0.2, 0.25) is 5.95 Å². The summed E-state index contributed by atoms with van der Waals surface area (Å²) in [7, 11) is 1.57. The first kappa shape index (κ1) is 18.4. The number of nitrogens with one attached hydrogen (secondary N) is 2. The smallest absolute Gasteiger partial charge is 0.288 e. The summed E-state index contributed by atoms with van der Waals surface area (Å²) in [6.45, 7) is 0. The Kier molecular flexibility index (Phi) is 4.17. The minimum absolute atomic E-state index is 0.0466. The molecule has 0 saturated carbocycles. The largest absolute Gasteiger partial charge is 0.497 e. The van der Waals surface area contributed by atoms with Crippen LogP contribution >= 0.6 is 0 Å². The predicted octanol–water partition coefficient (Wildman–Crippen LogP) is 2.03. The first-order valence-electron chi connectivity index (χ1n) is 9.13. The van der Waals surface area contributed by atoms with E-state index in [1.54, 1.807) is 36.1 Å². The number of hydrogen-bond acceptors (Lipinski definition) is 9. The van der Waals surface area contributed by atoms with Crippen LogP contribution in [0.2, 0.25) is 0 Å². The molecule has 12 heteroatoms. The quantitative estimate of drug-likeness (QED) is 0.329. The Balaban J connectivity index is 1.74. The molecule has 0 amide bonds. The fourth-order valence-corrected chi connectivity index (χ4v) is 3.59. The average Bonchev–Trinajstić information content (AvgIpc) is 3.27. The fourth-order valence-electron chi connectivity index (χ4n) is 3.59. The number of nitrogens with zero attached hydrogens (tertiary/aromatic N) is 6. The molecule has 31 heavy (non-hydrogen) atoms. The zero-order valence-corrected chi connectivity index (χ0v) is 16.0. The third kappa shape index (κ3) is 2.97. The van der Waals surface area contributed by atoms with Crippen molar-refractivity contribution in [3.63, 3.8) is 0 Å². The summed E-state index contributed by atoms with van der Waals surface area (Å²) in [5.74, 6) is 0.981. The topological polar surface area (TPSA) is 154 Å². The maximum atomic E-state index is 12.6. The van der Waals surface area contributed by atoms with Gasteiger partial charge in [-0.2, -0.15) is 9.78 Å². The number of non-ortho nitro benzene ring substituents is 1. The van der Waals surface area contributed by atoms with E-state index < -0.39 is 16.5 Å². The lowest BCUT2D eigenvalue weighted by molar-refractivity contribution is -0.384. The van der Waals surface area contributed by atoms with Gasteiger partial charge in [-0.25, -0.2) is 5.10 Å². The first-order valence-corrected chi connectivity index (χ1v) is 9.13. The van der Waals surface area contributed by atoms with Crippen molar-refractivity contribution in [1.29, 1.82) is 0 Å². The van der Waals surface area contributed by atoms with E-state index in [2.05, 4.69) is 31.0 Å². The highest BCUT2D eigenvalue weighted by Crippen LogP contribution is 2.41. The number of anilines is 2. The van der Waals surface area contributed by atoms with Gasteiger partial charge in [-0.3, -0.25) is 14.9 Å². The van der Waals surface area contributed by atoms with E-state index in [1.165, 1.54) is 12.1 Å². The Bertz CT molecular complexity index is 1340. The molecule has 5 rings (SSSR count). The van der Waals surface area contributed by atoms with E-state index in [-0.39, 0.29) is 11.4 Å². The maximum Gasteiger partial charge on any atom is 0.288 e. The van der Waals surface area contributed by atoms with Gasteiger partial charge < -0.3 is 10.1 Å². The number of hydrogen-bond donors (Lipinski definition) is 2. The Labute approximate surface area is 173 Å². The third-order valence-electron chi connectivity index (χ3n) is 5.05. The minimum atomic E-state index is -0.563. The van der Waals surface area contributed by atoms with Crippen molar-refractivity contribution in [2.75, 3.05) is 12.4 Å². The highest BCUT2D eigenvalue weighted by Gasteiger charge is 2.34. The highest BCUT2D eigenvalue weighted by molar-refractivity contribution is 5.75. The number of benzene rings is 2. The number of H-pyrrole nitrogens is 1. The zero-order valence-electron chi connectivity index (χ0n) is 16.0. The highest BCUT2D eigenvalue weighted by atomic mass is 16.6. The minimum Gasteiger partial charge on any atom is -0.497 e.